The molecule has 1 saturated heterocycles. The molecule has 8 heteroatoms. The summed E-state index contributed by atoms with van der Waals surface area (Å²) in [6, 6.07) is 5.03. The van der Waals surface area contributed by atoms with Crippen molar-refractivity contribution >= 4 is 10.0 Å². The van der Waals surface area contributed by atoms with E-state index in [4.69, 9.17) is 14.3 Å². The van der Waals surface area contributed by atoms with Crippen molar-refractivity contribution in [1.29, 1.82) is 0 Å². The standard InChI is InChI=1S/C18H28N2O5S/c1-20-18(13-9-15(23-2)11-16(10-13)24-3)17(12-25-20)26(21,22)19-14-7-5-4-6-8-14/h9-11,14,17-19H,4-8,12H2,1-3H3/t17-,18+/m1/s1. The van der Waals surface area contributed by atoms with Gasteiger partial charge in [-0.05, 0) is 30.5 Å². The first-order valence-corrected chi connectivity index (χ1v) is 10.6. The van der Waals surface area contributed by atoms with Gasteiger partial charge in [-0.2, -0.15) is 5.06 Å². The van der Waals surface area contributed by atoms with Crippen molar-refractivity contribution in [2.24, 2.45) is 0 Å². The summed E-state index contributed by atoms with van der Waals surface area (Å²) in [5.41, 5.74) is 0.792. The van der Waals surface area contributed by atoms with Gasteiger partial charge in [-0.3, -0.25) is 4.84 Å². The Bertz CT molecular complexity index is 696. The predicted octanol–water partition coefficient (Wildman–Crippen LogP) is 2.24. The van der Waals surface area contributed by atoms with E-state index in [1.54, 1.807) is 32.4 Å². The molecule has 1 N–H and O–H groups in total. The fraction of sp³-hybridized carbons (Fsp3) is 0.667. The van der Waals surface area contributed by atoms with Crippen LogP contribution in [0.15, 0.2) is 18.2 Å². The lowest BCUT2D eigenvalue weighted by atomic mass is 9.96. The summed E-state index contributed by atoms with van der Waals surface area (Å²) in [6.07, 6.45) is 5.13. The second kappa shape index (κ2) is 8.12. The molecule has 3 rings (SSSR count). The van der Waals surface area contributed by atoms with Gasteiger partial charge in [-0.1, -0.05) is 19.3 Å². The van der Waals surface area contributed by atoms with Crippen LogP contribution in [-0.2, 0) is 14.9 Å². The first-order valence-electron chi connectivity index (χ1n) is 9.04. The van der Waals surface area contributed by atoms with Crippen molar-refractivity contribution in [2.75, 3.05) is 27.9 Å². The number of methoxy groups -OCH3 is 2. The highest BCUT2D eigenvalue weighted by Gasteiger charge is 2.44. The zero-order chi connectivity index (χ0) is 18.7. The summed E-state index contributed by atoms with van der Waals surface area (Å²) >= 11 is 0. The summed E-state index contributed by atoms with van der Waals surface area (Å²) < 4.78 is 39.7. The number of nitrogens with one attached hydrogen (secondary N) is 1. The molecule has 2 fully saturated rings. The maximum absolute atomic E-state index is 13.1. The smallest absolute Gasteiger partial charge is 0.219 e. The average molecular weight is 384 g/mol. The van der Waals surface area contributed by atoms with Gasteiger partial charge in [0.2, 0.25) is 10.0 Å². The summed E-state index contributed by atoms with van der Waals surface area (Å²) in [5.74, 6) is 1.24. The second-order valence-electron chi connectivity index (χ2n) is 6.97. The molecule has 26 heavy (non-hydrogen) atoms. The first-order chi connectivity index (χ1) is 12.4. The van der Waals surface area contributed by atoms with E-state index in [0.717, 1.165) is 31.2 Å². The number of nitrogens with zero attached hydrogens (tertiary/aromatic N) is 1. The van der Waals surface area contributed by atoms with Crippen LogP contribution in [0.2, 0.25) is 0 Å². The molecule has 146 valence electrons. The van der Waals surface area contributed by atoms with Crippen molar-refractivity contribution in [3.8, 4) is 11.5 Å². The van der Waals surface area contributed by atoms with Gasteiger partial charge >= 0.3 is 0 Å². The highest BCUT2D eigenvalue weighted by atomic mass is 32.2. The van der Waals surface area contributed by atoms with Crippen LogP contribution in [0.3, 0.4) is 0 Å². The van der Waals surface area contributed by atoms with E-state index >= 15 is 0 Å². The van der Waals surface area contributed by atoms with Crippen LogP contribution in [0, 0.1) is 0 Å². The summed E-state index contributed by atoms with van der Waals surface area (Å²) in [7, 11) is 1.38. The van der Waals surface area contributed by atoms with Gasteiger partial charge < -0.3 is 9.47 Å². The van der Waals surface area contributed by atoms with Gasteiger partial charge in [0.15, 0.2) is 0 Å². The zero-order valence-electron chi connectivity index (χ0n) is 15.6. The minimum Gasteiger partial charge on any atom is -0.497 e. The number of hydrogen-bond acceptors (Lipinski definition) is 6. The van der Waals surface area contributed by atoms with Crippen LogP contribution in [0.4, 0.5) is 0 Å². The Morgan fingerprint density at radius 2 is 1.69 bits per heavy atom. The SMILES string of the molecule is COc1cc(OC)cc([C@H]2[C@H](S(=O)(=O)NC3CCCCC3)CON2C)c1. The number of hydrogen-bond donors (Lipinski definition) is 1. The molecule has 0 aromatic heterocycles. The largest absolute Gasteiger partial charge is 0.497 e. The summed E-state index contributed by atoms with van der Waals surface area (Å²) in [5, 5.41) is 0.921. The molecule has 1 aromatic rings. The highest BCUT2D eigenvalue weighted by Crippen LogP contribution is 2.37. The highest BCUT2D eigenvalue weighted by molar-refractivity contribution is 7.90. The Hall–Kier alpha value is -1.35. The molecule has 1 heterocycles. The molecule has 1 saturated carbocycles. The van der Waals surface area contributed by atoms with Crippen LogP contribution in [-0.4, -0.2) is 52.6 Å². The quantitative estimate of drug-likeness (QED) is 0.811. The Morgan fingerprint density at radius 3 is 2.27 bits per heavy atom. The maximum Gasteiger partial charge on any atom is 0.219 e. The van der Waals surface area contributed by atoms with Crippen molar-refractivity contribution in [1.82, 2.24) is 9.79 Å². The lowest BCUT2D eigenvalue weighted by molar-refractivity contribution is -0.110. The van der Waals surface area contributed by atoms with Crippen LogP contribution >= 0.6 is 0 Å². The number of sulfonamides is 1. The predicted molar refractivity (Wildman–Crippen MR) is 98.7 cm³/mol. The molecule has 0 unspecified atom stereocenters. The van der Waals surface area contributed by atoms with Gasteiger partial charge in [-0.15, -0.1) is 0 Å². The third kappa shape index (κ3) is 4.14. The van der Waals surface area contributed by atoms with Crippen LogP contribution in [0.5, 0.6) is 11.5 Å². The topological polar surface area (TPSA) is 77.1 Å². The molecular weight excluding hydrogens is 356 g/mol. The fourth-order valence-electron chi connectivity index (χ4n) is 3.82. The Morgan fingerprint density at radius 1 is 1.08 bits per heavy atom. The second-order valence-corrected chi connectivity index (χ2v) is 8.90. The lowest BCUT2D eigenvalue weighted by Crippen LogP contribution is -2.44. The molecular formula is C18H28N2O5S. The van der Waals surface area contributed by atoms with Gasteiger partial charge in [0.1, 0.15) is 16.7 Å². The Kier molecular flexibility index (Phi) is 6.06. The molecule has 1 aliphatic heterocycles. The maximum atomic E-state index is 13.1. The van der Waals surface area contributed by atoms with Gasteiger partial charge in [-0.25, -0.2) is 13.1 Å². The monoisotopic (exact) mass is 384 g/mol. The Labute approximate surface area is 155 Å². The number of rotatable bonds is 6. The van der Waals surface area contributed by atoms with Crippen LogP contribution < -0.4 is 14.2 Å². The molecule has 2 atom stereocenters. The van der Waals surface area contributed by atoms with Crippen molar-refractivity contribution in [2.45, 2.75) is 49.4 Å². The van der Waals surface area contributed by atoms with E-state index in [-0.39, 0.29) is 12.6 Å². The van der Waals surface area contributed by atoms with E-state index in [0.29, 0.717) is 11.5 Å². The molecule has 7 nitrogen and oxygen atoms in total. The van der Waals surface area contributed by atoms with E-state index in [9.17, 15) is 8.42 Å². The first kappa shape index (κ1) is 19.4. The van der Waals surface area contributed by atoms with Crippen LogP contribution in [0.1, 0.15) is 43.7 Å². The van der Waals surface area contributed by atoms with Crippen molar-refractivity contribution < 1.29 is 22.7 Å². The van der Waals surface area contributed by atoms with Gasteiger partial charge in [0, 0.05) is 19.2 Å². The van der Waals surface area contributed by atoms with Crippen molar-refractivity contribution in [3.05, 3.63) is 23.8 Å². The molecule has 0 radical (unpaired) electrons. The minimum atomic E-state index is -3.53. The van der Waals surface area contributed by atoms with E-state index in [2.05, 4.69) is 4.72 Å². The van der Waals surface area contributed by atoms with E-state index < -0.39 is 21.3 Å². The molecule has 1 aromatic carbocycles. The number of ether oxygens (including phenoxy) is 2. The molecule has 0 bridgehead atoms. The van der Waals surface area contributed by atoms with Gasteiger partial charge in [0.05, 0.1) is 26.9 Å². The molecule has 0 spiro atoms. The minimum absolute atomic E-state index is 0.0279. The molecule has 1 aliphatic carbocycles. The third-order valence-corrected chi connectivity index (χ3v) is 7.09. The van der Waals surface area contributed by atoms with Gasteiger partial charge in [0.25, 0.3) is 0 Å². The molecule has 0 amide bonds. The summed E-state index contributed by atoms with van der Waals surface area (Å²) in [6.45, 7) is 0.128. The van der Waals surface area contributed by atoms with Crippen LogP contribution in [0.25, 0.3) is 0 Å². The summed E-state index contributed by atoms with van der Waals surface area (Å²) in [4.78, 5) is 5.59. The third-order valence-electron chi connectivity index (χ3n) is 5.24. The van der Waals surface area contributed by atoms with E-state index in [1.807, 2.05) is 12.1 Å². The Balaban J connectivity index is 1.87. The fourth-order valence-corrected chi connectivity index (χ4v) is 5.60. The number of hydroxylamine groups is 2. The number of benzene rings is 1. The average Bonchev–Trinajstić information content (AvgIpc) is 3.04. The van der Waals surface area contributed by atoms with Crippen molar-refractivity contribution in [3.63, 3.8) is 0 Å². The molecule has 2 aliphatic rings. The normalized spacial score (nSPS) is 25.3. The van der Waals surface area contributed by atoms with E-state index in [1.165, 1.54) is 6.42 Å². The zero-order valence-corrected chi connectivity index (χ0v) is 16.4. The lowest BCUT2D eigenvalue weighted by Gasteiger charge is -2.27.